The van der Waals surface area contributed by atoms with Crippen LogP contribution < -0.4 is 9.62 Å². The highest BCUT2D eigenvalue weighted by Gasteiger charge is 2.29. The maximum absolute atomic E-state index is 12.9. The van der Waals surface area contributed by atoms with Crippen LogP contribution in [0.4, 0.5) is 5.69 Å². The van der Waals surface area contributed by atoms with E-state index < -0.39 is 10.0 Å². The Morgan fingerprint density at radius 3 is 2.52 bits per heavy atom. The van der Waals surface area contributed by atoms with Crippen molar-refractivity contribution in [1.29, 1.82) is 0 Å². The van der Waals surface area contributed by atoms with E-state index >= 15 is 0 Å². The minimum atomic E-state index is -3.60. The molecular weight excluding hydrogens is 440 g/mol. The quantitative estimate of drug-likeness (QED) is 0.621. The van der Waals surface area contributed by atoms with E-state index in [1.807, 2.05) is 4.90 Å². The van der Waals surface area contributed by atoms with Crippen molar-refractivity contribution in [3.05, 3.63) is 23.8 Å². The second-order valence-corrected chi connectivity index (χ2v) is 11.1. The summed E-state index contributed by atoms with van der Waals surface area (Å²) in [5.74, 6) is -0.0207. The fourth-order valence-electron chi connectivity index (χ4n) is 5.29. The number of sulfonamides is 1. The summed E-state index contributed by atoms with van der Waals surface area (Å²) in [5.41, 5.74) is 1.63. The molecular formula is C24H36N4O4S. The highest BCUT2D eigenvalue weighted by molar-refractivity contribution is 7.89. The second kappa shape index (κ2) is 10.5. The molecule has 0 aromatic heterocycles. The Hall–Kier alpha value is -1.97. The minimum Gasteiger partial charge on any atom is -0.343 e. The number of likely N-dealkylation sites (N-methyl/N-ethyl adjacent to an activating group) is 1. The number of amides is 2. The van der Waals surface area contributed by atoms with E-state index in [0.29, 0.717) is 19.5 Å². The fourth-order valence-corrected chi connectivity index (χ4v) is 6.41. The van der Waals surface area contributed by atoms with Gasteiger partial charge in [0.15, 0.2) is 0 Å². The van der Waals surface area contributed by atoms with E-state index in [4.69, 9.17) is 0 Å². The zero-order valence-electron chi connectivity index (χ0n) is 19.6. The van der Waals surface area contributed by atoms with Gasteiger partial charge in [0.1, 0.15) is 0 Å². The molecule has 1 unspecified atom stereocenters. The molecule has 2 saturated heterocycles. The maximum Gasteiger partial charge on any atom is 0.240 e. The lowest BCUT2D eigenvalue weighted by molar-refractivity contribution is -0.133. The summed E-state index contributed by atoms with van der Waals surface area (Å²) in [5, 5.41) is 0. The normalized spacial score (nSPS) is 21.4. The van der Waals surface area contributed by atoms with Gasteiger partial charge < -0.3 is 9.80 Å². The molecule has 4 rings (SSSR count). The monoisotopic (exact) mass is 476 g/mol. The van der Waals surface area contributed by atoms with E-state index in [1.165, 1.54) is 0 Å². The first-order valence-corrected chi connectivity index (χ1v) is 13.8. The molecule has 9 heteroatoms. The molecule has 3 aliphatic rings. The summed E-state index contributed by atoms with van der Waals surface area (Å²) in [7, 11) is -3.60. The van der Waals surface area contributed by atoms with Crippen LogP contribution in [0.3, 0.4) is 0 Å². The van der Waals surface area contributed by atoms with Gasteiger partial charge in [0, 0.05) is 50.7 Å². The maximum atomic E-state index is 12.9. The van der Waals surface area contributed by atoms with Crippen molar-refractivity contribution in [2.24, 2.45) is 0 Å². The summed E-state index contributed by atoms with van der Waals surface area (Å²) in [6.45, 7) is 6.58. The van der Waals surface area contributed by atoms with Crippen molar-refractivity contribution >= 4 is 27.5 Å². The Morgan fingerprint density at radius 1 is 1.00 bits per heavy atom. The van der Waals surface area contributed by atoms with Crippen molar-refractivity contribution in [1.82, 2.24) is 14.5 Å². The zero-order valence-corrected chi connectivity index (χ0v) is 20.4. The molecule has 0 radical (unpaired) electrons. The summed E-state index contributed by atoms with van der Waals surface area (Å²) in [6, 6.07) is 5.25. The van der Waals surface area contributed by atoms with Crippen LogP contribution in [-0.4, -0.2) is 75.3 Å². The number of likely N-dealkylation sites (tertiary alicyclic amines) is 2. The van der Waals surface area contributed by atoms with Crippen LogP contribution in [0.2, 0.25) is 0 Å². The number of hydrogen-bond donors (Lipinski definition) is 1. The number of piperidine rings is 1. The average Bonchev–Trinajstić information content (AvgIpc) is 3.47. The molecule has 0 aliphatic carbocycles. The van der Waals surface area contributed by atoms with Gasteiger partial charge in [-0.2, -0.15) is 0 Å². The minimum absolute atomic E-state index is 0.0545. The lowest BCUT2D eigenvalue weighted by Crippen LogP contribution is -2.40. The van der Waals surface area contributed by atoms with Gasteiger partial charge in [-0.05, 0) is 75.4 Å². The van der Waals surface area contributed by atoms with Crippen LogP contribution in [0.15, 0.2) is 23.1 Å². The number of rotatable bonds is 8. The first-order chi connectivity index (χ1) is 15.9. The number of hydrogen-bond acceptors (Lipinski definition) is 5. The number of fused-ring (bicyclic) bond motifs is 1. The van der Waals surface area contributed by atoms with E-state index in [1.54, 1.807) is 23.1 Å². The molecule has 3 aliphatic heterocycles. The third-order valence-electron chi connectivity index (χ3n) is 7.23. The van der Waals surface area contributed by atoms with Crippen molar-refractivity contribution in [3.63, 3.8) is 0 Å². The number of carbonyl (C=O) groups excluding carboxylic acids is 2. The molecule has 3 heterocycles. The molecule has 0 saturated carbocycles. The molecule has 2 amide bonds. The van der Waals surface area contributed by atoms with Gasteiger partial charge in [-0.25, -0.2) is 13.1 Å². The fraction of sp³-hybridized carbons (Fsp3) is 0.667. The van der Waals surface area contributed by atoms with Crippen LogP contribution in [0.25, 0.3) is 0 Å². The van der Waals surface area contributed by atoms with Crippen LogP contribution >= 0.6 is 0 Å². The van der Waals surface area contributed by atoms with E-state index in [9.17, 15) is 18.0 Å². The molecule has 8 nitrogen and oxygen atoms in total. The summed E-state index contributed by atoms with van der Waals surface area (Å²) in [4.78, 5) is 31.3. The van der Waals surface area contributed by atoms with Crippen LogP contribution in [-0.2, 0) is 26.0 Å². The lowest BCUT2D eigenvalue weighted by Gasteiger charge is -2.27. The number of carbonyl (C=O) groups is 2. The Morgan fingerprint density at radius 2 is 1.76 bits per heavy atom. The van der Waals surface area contributed by atoms with Crippen LogP contribution in [0, 0.1) is 0 Å². The van der Waals surface area contributed by atoms with E-state index in [2.05, 4.69) is 16.5 Å². The first-order valence-electron chi connectivity index (χ1n) is 12.3. The van der Waals surface area contributed by atoms with Crippen molar-refractivity contribution < 1.29 is 18.0 Å². The Balaban J connectivity index is 1.35. The third-order valence-corrected chi connectivity index (χ3v) is 8.65. The molecule has 33 heavy (non-hydrogen) atoms. The SMILES string of the molecule is CCN1CCCC1CNS(=O)(=O)c1ccc2c(c1)CCN2C(=O)CCC(=O)N1CCCCC1. The third kappa shape index (κ3) is 5.58. The van der Waals surface area contributed by atoms with Gasteiger partial charge in [-0.1, -0.05) is 6.92 Å². The van der Waals surface area contributed by atoms with E-state index in [-0.39, 0.29) is 35.6 Å². The predicted molar refractivity (Wildman–Crippen MR) is 128 cm³/mol. The summed E-state index contributed by atoms with van der Waals surface area (Å²) < 4.78 is 28.5. The molecule has 0 spiro atoms. The molecule has 182 valence electrons. The topological polar surface area (TPSA) is 90.0 Å². The average molecular weight is 477 g/mol. The standard InChI is InChI=1S/C24H36N4O4S/c1-2-26-15-6-7-20(26)18-25-33(31,32)21-8-9-22-19(17-21)12-16-28(22)24(30)11-10-23(29)27-13-4-3-5-14-27/h8-9,17,20,25H,2-7,10-16,18H2,1H3. The second-order valence-electron chi connectivity index (χ2n) is 9.30. The molecule has 1 aromatic rings. The van der Waals surface area contributed by atoms with Gasteiger partial charge in [-0.15, -0.1) is 0 Å². The van der Waals surface area contributed by atoms with Gasteiger partial charge in [0.05, 0.1) is 4.90 Å². The number of anilines is 1. The Labute approximate surface area is 197 Å². The van der Waals surface area contributed by atoms with Gasteiger partial charge in [-0.3, -0.25) is 14.5 Å². The Kier molecular flexibility index (Phi) is 7.71. The molecule has 1 N–H and O–H groups in total. The molecule has 0 bridgehead atoms. The lowest BCUT2D eigenvalue weighted by atomic mass is 10.1. The zero-order chi connectivity index (χ0) is 23.4. The number of nitrogens with zero attached hydrogens (tertiary/aromatic N) is 3. The van der Waals surface area contributed by atoms with E-state index in [0.717, 1.165) is 69.5 Å². The highest BCUT2D eigenvalue weighted by Crippen LogP contribution is 2.31. The van der Waals surface area contributed by atoms with Crippen LogP contribution in [0.1, 0.15) is 57.4 Å². The van der Waals surface area contributed by atoms with Gasteiger partial charge in [0.2, 0.25) is 21.8 Å². The highest BCUT2D eigenvalue weighted by atomic mass is 32.2. The smallest absolute Gasteiger partial charge is 0.240 e. The van der Waals surface area contributed by atoms with Crippen molar-refractivity contribution in [2.45, 2.75) is 69.2 Å². The Bertz CT molecular complexity index is 975. The van der Waals surface area contributed by atoms with Gasteiger partial charge >= 0.3 is 0 Å². The molecule has 2 fully saturated rings. The number of nitrogens with one attached hydrogen (secondary N) is 1. The summed E-state index contributed by atoms with van der Waals surface area (Å²) in [6.07, 6.45) is 6.40. The predicted octanol–water partition coefficient (Wildman–Crippen LogP) is 2.13. The molecule has 1 aromatic carbocycles. The summed E-state index contributed by atoms with van der Waals surface area (Å²) >= 11 is 0. The number of benzene rings is 1. The first kappa shape index (κ1) is 24.2. The van der Waals surface area contributed by atoms with Crippen molar-refractivity contribution in [2.75, 3.05) is 44.2 Å². The largest absolute Gasteiger partial charge is 0.343 e. The molecule has 1 atom stereocenters. The van der Waals surface area contributed by atoms with Crippen molar-refractivity contribution in [3.8, 4) is 0 Å². The van der Waals surface area contributed by atoms with Gasteiger partial charge in [0.25, 0.3) is 0 Å². The van der Waals surface area contributed by atoms with Crippen LogP contribution in [0.5, 0.6) is 0 Å².